The van der Waals surface area contributed by atoms with Gasteiger partial charge in [0.05, 0.1) is 54.1 Å². The summed E-state index contributed by atoms with van der Waals surface area (Å²) in [5.41, 5.74) is 6.88. The fraction of sp³-hybridized carbons (Fsp3) is 0.419. The van der Waals surface area contributed by atoms with Gasteiger partial charge >= 0.3 is 0 Å². The number of rotatable bonds is 9. The number of carboxylic acids is 1. The van der Waals surface area contributed by atoms with Crippen LogP contribution < -0.4 is 33.5 Å². The Morgan fingerprint density at radius 2 is 1.49 bits per heavy atom. The van der Waals surface area contributed by atoms with E-state index < -0.39 is 5.97 Å². The Balaban J connectivity index is 0.00000290. The van der Waals surface area contributed by atoms with E-state index in [1.54, 1.807) is 28.4 Å². The van der Waals surface area contributed by atoms with Crippen molar-refractivity contribution in [1.29, 1.82) is 0 Å². The van der Waals surface area contributed by atoms with Crippen LogP contribution in [0.15, 0.2) is 60.7 Å². The molecule has 0 radical (unpaired) electrons. The van der Waals surface area contributed by atoms with Gasteiger partial charge in [-0.3, -0.25) is 4.90 Å². The van der Waals surface area contributed by atoms with Crippen molar-refractivity contribution >= 4 is 30.8 Å². The predicted molar refractivity (Wildman–Crippen MR) is 214 cm³/mol. The number of unbranched alkanes of at least 4 members (excludes halogenated alkanes) is 1. The summed E-state index contributed by atoms with van der Waals surface area (Å²) in [4.78, 5) is 13.8. The zero-order chi connectivity index (χ0) is 37.3. The minimum absolute atomic E-state index is 0. The number of likely N-dealkylation sites (N-methyl/N-ethyl adjacent to an activating group) is 2. The molecule has 4 aromatic rings. The number of nitrogens with zero attached hydrogens (tertiary/aromatic N) is 2. The van der Waals surface area contributed by atoms with Crippen molar-refractivity contribution in [3.8, 4) is 46.0 Å². The summed E-state index contributed by atoms with van der Waals surface area (Å²) in [5, 5.41) is 11.4. The van der Waals surface area contributed by atoms with Crippen LogP contribution in [-0.4, -0.2) is 77.5 Å². The number of carbonyl (C=O) groups is 1. The van der Waals surface area contributed by atoms with E-state index in [4.69, 9.17) is 28.4 Å². The SMILES string of the molecule is COc1ccc2cc1Oc1ccc(cc1)CC1c3cc(c(OC)cc3CCN1C)Oc1c(OC)c(OC)cc3c1C(C2)[N+](C)(CCCCC(=O)[O-])CC3.Cl.Cl. The Hall–Kier alpha value is -4.35. The average Bonchev–Trinajstić information content (AvgIpc) is 3.15. The molecular formula is C43H52Cl2N2O8. The lowest BCUT2D eigenvalue weighted by Gasteiger charge is -2.46. The van der Waals surface area contributed by atoms with Crippen LogP contribution in [0, 0.1) is 0 Å². The normalized spacial score (nSPS) is 19.8. The second-order valence-corrected chi connectivity index (χ2v) is 14.7. The minimum atomic E-state index is -1.02. The van der Waals surface area contributed by atoms with Crippen LogP contribution in [0.25, 0.3) is 0 Å². The first-order valence-corrected chi connectivity index (χ1v) is 18.5. The van der Waals surface area contributed by atoms with Gasteiger partial charge in [0.1, 0.15) is 11.8 Å². The number of quaternary nitrogens is 1. The highest BCUT2D eigenvalue weighted by atomic mass is 35.5. The molecule has 0 N–H and O–H groups in total. The molecular weight excluding hydrogens is 743 g/mol. The summed E-state index contributed by atoms with van der Waals surface area (Å²) in [6, 6.07) is 20.8. The maximum atomic E-state index is 11.4. The maximum Gasteiger partial charge on any atom is 0.204 e. The Morgan fingerprint density at radius 3 is 2.18 bits per heavy atom. The van der Waals surface area contributed by atoms with Crippen LogP contribution in [0.4, 0.5) is 0 Å². The summed E-state index contributed by atoms with van der Waals surface area (Å²) >= 11 is 0. The van der Waals surface area contributed by atoms with E-state index in [1.807, 2.05) is 18.2 Å². The van der Waals surface area contributed by atoms with E-state index in [9.17, 15) is 9.90 Å². The fourth-order valence-electron chi connectivity index (χ4n) is 8.52. The van der Waals surface area contributed by atoms with E-state index in [0.717, 1.165) is 67.8 Å². The highest BCUT2D eigenvalue weighted by Crippen LogP contribution is 2.53. The molecule has 0 aliphatic carbocycles. The molecule has 4 heterocycles. The third kappa shape index (κ3) is 8.43. The summed E-state index contributed by atoms with van der Waals surface area (Å²) < 4.78 is 38.3. The number of benzene rings is 4. The predicted octanol–water partition coefficient (Wildman–Crippen LogP) is 7.44. The Morgan fingerprint density at radius 1 is 0.800 bits per heavy atom. The van der Waals surface area contributed by atoms with Gasteiger partial charge in [0.2, 0.25) is 5.75 Å². The van der Waals surface area contributed by atoms with Crippen molar-refractivity contribution in [2.45, 2.75) is 57.0 Å². The Kier molecular flexibility index (Phi) is 13.4. The summed E-state index contributed by atoms with van der Waals surface area (Å²) in [6.45, 7) is 2.55. The number of hydrogen-bond donors (Lipinski definition) is 0. The van der Waals surface area contributed by atoms with Crippen molar-refractivity contribution in [3.63, 3.8) is 0 Å². The second-order valence-electron chi connectivity index (χ2n) is 14.7. The van der Waals surface area contributed by atoms with Crippen LogP contribution >= 0.6 is 24.8 Å². The smallest absolute Gasteiger partial charge is 0.204 e. The van der Waals surface area contributed by atoms with Gasteiger partial charge in [-0.05, 0) is 109 Å². The van der Waals surface area contributed by atoms with Gasteiger partial charge in [-0.25, -0.2) is 0 Å². The molecule has 8 rings (SSSR count). The highest BCUT2D eigenvalue weighted by Gasteiger charge is 2.43. The lowest BCUT2D eigenvalue weighted by molar-refractivity contribution is -0.941. The van der Waals surface area contributed by atoms with Gasteiger partial charge in [-0.15, -0.1) is 24.8 Å². The number of methoxy groups -OCH3 is 4. The van der Waals surface area contributed by atoms with Crippen LogP contribution in [0.3, 0.4) is 0 Å². The molecule has 0 amide bonds. The first kappa shape index (κ1) is 41.8. The lowest BCUT2D eigenvalue weighted by Crippen LogP contribution is -2.52. The first-order valence-electron chi connectivity index (χ1n) is 18.5. The number of carboxylic acid groups (broad SMARTS) is 1. The fourth-order valence-corrected chi connectivity index (χ4v) is 8.52. The molecule has 0 fully saturated rings. The monoisotopic (exact) mass is 794 g/mol. The zero-order valence-corrected chi connectivity index (χ0v) is 34.1. The largest absolute Gasteiger partial charge is 0.550 e. The molecule has 296 valence electrons. The molecule has 4 aliphatic rings. The van der Waals surface area contributed by atoms with Crippen LogP contribution in [0.5, 0.6) is 46.0 Å². The lowest BCUT2D eigenvalue weighted by atomic mass is 9.85. The highest BCUT2D eigenvalue weighted by molar-refractivity contribution is 5.85. The molecule has 4 aromatic carbocycles. The van der Waals surface area contributed by atoms with E-state index in [-0.39, 0.29) is 43.3 Å². The average molecular weight is 796 g/mol. The van der Waals surface area contributed by atoms with Gasteiger partial charge in [0, 0.05) is 31.4 Å². The van der Waals surface area contributed by atoms with Gasteiger partial charge in [0.25, 0.3) is 0 Å². The van der Waals surface area contributed by atoms with Crippen LogP contribution in [0.2, 0.25) is 0 Å². The van der Waals surface area contributed by atoms with E-state index >= 15 is 0 Å². The number of hydrogen-bond acceptors (Lipinski definition) is 9. The Bertz CT molecular complexity index is 1990. The third-order valence-corrected chi connectivity index (χ3v) is 11.5. The third-order valence-electron chi connectivity index (χ3n) is 11.5. The van der Waals surface area contributed by atoms with E-state index in [1.165, 1.54) is 16.7 Å². The van der Waals surface area contributed by atoms with Gasteiger partial charge in [-0.2, -0.15) is 0 Å². The minimum Gasteiger partial charge on any atom is -0.550 e. The van der Waals surface area contributed by atoms with Gasteiger partial charge in [-0.1, -0.05) is 18.2 Å². The molecule has 0 spiro atoms. The number of aliphatic carboxylic acids is 1. The summed E-state index contributed by atoms with van der Waals surface area (Å²) in [6.07, 6.45) is 4.45. The van der Waals surface area contributed by atoms with Crippen molar-refractivity contribution in [1.82, 2.24) is 4.90 Å². The molecule has 4 aliphatic heterocycles. The zero-order valence-electron chi connectivity index (χ0n) is 32.5. The maximum absolute atomic E-state index is 11.4. The Labute approximate surface area is 336 Å². The molecule has 0 saturated carbocycles. The number of ether oxygens (including phenoxy) is 6. The summed E-state index contributed by atoms with van der Waals surface area (Å²) in [5.74, 6) is 3.99. The number of carbonyl (C=O) groups excluding carboxylic acids is 1. The molecule has 6 bridgehead atoms. The number of fused-ring (bicyclic) bond motifs is 2. The van der Waals surface area contributed by atoms with Crippen molar-refractivity contribution in [2.24, 2.45) is 0 Å². The molecule has 0 aromatic heterocycles. The molecule has 0 saturated heterocycles. The molecule has 3 unspecified atom stereocenters. The van der Waals surface area contributed by atoms with Gasteiger partial charge in [0.15, 0.2) is 34.5 Å². The van der Waals surface area contributed by atoms with Crippen LogP contribution in [0.1, 0.15) is 64.7 Å². The van der Waals surface area contributed by atoms with Crippen molar-refractivity contribution in [3.05, 3.63) is 94.0 Å². The van der Waals surface area contributed by atoms with Crippen molar-refractivity contribution < 1.29 is 42.8 Å². The number of halogens is 2. The summed E-state index contributed by atoms with van der Waals surface area (Å²) in [7, 11) is 11.1. The second kappa shape index (κ2) is 17.6. The van der Waals surface area contributed by atoms with E-state index in [2.05, 4.69) is 61.5 Å². The molecule has 3 atom stereocenters. The molecule has 10 nitrogen and oxygen atoms in total. The molecule has 55 heavy (non-hydrogen) atoms. The molecule has 12 heteroatoms. The standard InChI is InChI=1S/C43H50N2O8.2ClH/c1-44-18-16-29-24-36(49-4)38-26-32(29)33(44)21-27-10-13-31(14-11-27)52-37-23-28(12-15-35(37)48-3)22-34-41-30(25-39(50-5)42(51-6)43(41)53-38)17-20-45(34,2)19-8-7-9-40(46)47;;/h10-15,23-26,33-34H,7-9,16-22H2,1-6H3;2*1H. The van der Waals surface area contributed by atoms with Crippen LogP contribution in [-0.2, 0) is 30.5 Å². The van der Waals surface area contributed by atoms with Crippen molar-refractivity contribution in [2.75, 3.05) is 62.2 Å². The first-order chi connectivity index (χ1) is 25.6. The topological polar surface area (TPSA) is 98.8 Å². The van der Waals surface area contributed by atoms with Gasteiger partial charge < -0.3 is 42.8 Å². The van der Waals surface area contributed by atoms with E-state index in [0.29, 0.717) is 57.6 Å². The quantitative estimate of drug-likeness (QED) is 0.127.